The number of carbonyl (C=O) groups excluding carboxylic acids is 1. The average molecular weight is 237 g/mol. The molecule has 17 heavy (non-hydrogen) atoms. The molecule has 1 aromatic rings. The van der Waals surface area contributed by atoms with E-state index in [0.717, 1.165) is 5.69 Å². The fourth-order valence-corrected chi connectivity index (χ4v) is 1.17. The minimum absolute atomic E-state index is 0.0475. The Morgan fingerprint density at radius 1 is 1.47 bits per heavy atom. The third kappa shape index (κ3) is 5.31. The molecule has 0 aliphatic rings. The fraction of sp³-hybridized carbons (Fsp3) is 0.500. The predicted octanol–water partition coefficient (Wildman–Crippen LogP) is 2.36. The highest BCUT2D eigenvalue weighted by Crippen LogP contribution is 2.09. The summed E-state index contributed by atoms with van der Waals surface area (Å²) >= 11 is 0. The van der Waals surface area contributed by atoms with Crippen LogP contribution in [0.3, 0.4) is 0 Å². The highest BCUT2D eigenvalue weighted by molar-refractivity contribution is 5.68. The van der Waals surface area contributed by atoms with Crippen molar-refractivity contribution in [2.24, 2.45) is 0 Å². The Balaban J connectivity index is 2.40. The molecule has 0 fully saturated rings. The van der Waals surface area contributed by atoms with Gasteiger partial charge in [0.05, 0.1) is 0 Å². The molecule has 1 amide bonds. The minimum Gasteiger partial charge on any atom is -0.754 e. The summed E-state index contributed by atoms with van der Waals surface area (Å²) in [7, 11) is 0. The Morgan fingerprint density at radius 3 is 2.71 bits per heavy atom. The Labute approximate surface area is 101 Å². The van der Waals surface area contributed by atoms with Crippen molar-refractivity contribution in [3.63, 3.8) is 0 Å². The first-order chi connectivity index (χ1) is 7.88. The lowest BCUT2D eigenvalue weighted by Gasteiger charge is -2.31. The third-order valence-electron chi connectivity index (χ3n) is 1.89. The van der Waals surface area contributed by atoms with Gasteiger partial charge in [-0.1, -0.05) is 6.07 Å². The zero-order valence-corrected chi connectivity index (χ0v) is 10.3. The number of carbonyl (C=O) groups is 1. The van der Waals surface area contributed by atoms with Crippen molar-refractivity contribution in [2.45, 2.75) is 32.8 Å². The van der Waals surface area contributed by atoms with Crippen LogP contribution in [0.1, 0.15) is 26.5 Å². The molecule has 0 N–H and O–H groups in total. The van der Waals surface area contributed by atoms with Crippen molar-refractivity contribution in [1.82, 2.24) is 10.0 Å². The molecule has 0 saturated carbocycles. The quantitative estimate of drug-likeness (QED) is 0.757. The van der Waals surface area contributed by atoms with Crippen molar-refractivity contribution in [3.05, 3.63) is 35.3 Å². The largest absolute Gasteiger partial charge is 0.754 e. The summed E-state index contributed by atoms with van der Waals surface area (Å²) in [4.78, 5) is 15.4. The smallest absolute Gasteiger partial charge is 0.399 e. The lowest BCUT2D eigenvalue weighted by Crippen LogP contribution is -2.34. The molecule has 0 aromatic carbocycles. The van der Waals surface area contributed by atoms with Crippen LogP contribution in [0, 0.1) is 5.21 Å². The number of rotatable bonds is 3. The van der Waals surface area contributed by atoms with Crippen LogP contribution in [0.25, 0.3) is 0 Å². The van der Waals surface area contributed by atoms with E-state index >= 15 is 0 Å². The van der Waals surface area contributed by atoms with Gasteiger partial charge in [-0.05, 0) is 32.9 Å². The summed E-state index contributed by atoms with van der Waals surface area (Å²) in [6, 6.07) is 5.44. The van der Waals surface area contributed by atoms with Crippen molar-refractivity contribution < 1.29 is 9.53 Å². The van der Waals surface area contributed by atoms with E-state index in [4.69, 9.17) is 4.74 Å². The van der Waals surface area contributed by atoms with Crippen LogP contribution in [-0.4, -0.2) is 28.3 Å². The molecule has 1 heterocycles. The monoisotopic (exact) mass is 237 g/mol. The average Bonchev–Trinajstić information content (AvgIpc) is 2.25. The molecular formula is C12H17N2O3-. The van der Waals surface area contributed by atoms with Gasteiger partial charge in [-0.3, -0.25) is 4.98 Å². The second-order valence-corrected chi connectivity index (χ2v) is 4.65. The summed E-state index contributed by atoms with van der Waals surface area (Å²) < 4.78 is 4.94. The number of pyridine rings is 1. The van der Waals surface area contributed by atoms with Gasteiger partial charge in [0, 0.05) is 24.9 Å². The van der Waals surface area contributed by atoms with Crippen LogP contribution in [0.4, 0.5) is 4.79 Å². The minimum atomic E-state index is -0.853. The highest BCUT2D eigenvalue weighted by atomic mass is 16.6. The second kappa shape index (κ2) is 5.63. The second-order valence-electron chi connectivity index (χ2n) is 4.65. The van der Waals surface area contributed by atoms with Crippen LogP contribution in [0.5, 0.6) is 0 Å². The van der Waals surface area contributed by atoms with Crippen LogP contribution in [-0.2, 0) is 11.2 Å². The lowest BCUT2D eigenvalue weighted by molar-refractivity contribution is 0.0337. The number of ether oxygens (including phenoxy) is 1. The number of amides is 1. The highest BCUT2D eigenvalue weighted by Gasteiger charge is 2.17. The van der Waals surface area contributed by atoms with E-state index in [1.165, 1.54) is 0 Å². The molecule has 0 bridgehead atoms. The third-order valence-corrected chi connectivity index (χ3v) is 1.89. The molecule has 0 saturated heterocycles. The van der Waals surface area contributed by atoms with Crippen molar-refractivity contribution >= 4 is 6.09 Å². The number of hydroxylamine groups is 2. The van der Waals surface area contributed by atoms with E-state index in [2.05, 4.69) is 4.98 Å². The van der Waals surface area contributed by atoms with Gasteiger partial charge in [0.15, 0.2) is 0 Å². The van der Waals surface area contributed by atoms with E-state index in [-0.39, 0.29) is 6.54 Å². The normalized spacial score (nSPS) is 11.1. The molecule has 0 aliphatic carbocycles. The Kier molecular flexibility index (Phi) is 4.45. The molecule has 0 spiro atoms. The summed E-state index contributed by atoms with van der Waals surface area (Å²) in [5.41, 5.74) is 0.127. The summed E-state index contributed by atoms with van der Waals surface area (Å²) in [5, 5.41) is 11.7. The number of hydrogen-bond donors (Lipinski definition) is 0. The van der Waals surface area contributed by atoms with Crippen LogP contribution in [0.15, 0.2) is 24.4 Å². The summed E-state index contributed by atoms with van der Waals surface area (Å²) in [6.07, 6.45) is 1.22. The van der Waals surface area contributed by atoms with Gasteiger partial charge >= 0.3 is 6.09 Å². The van der Waals surface area contributed by atoms with E-state index < -0.39 is 11.7 Å². The zero-order chi connectivity index (χ0) is 12.9. The maximum absolute atomic E-state index is 11.4. The van der Waals surface area contributed by atoms with Gasteiger partial charge < -0.3 is 15.0 Å². The molecule has 0 aliphatic heterocycles. The van der Waals surface area contributed by atoms with Gasteiger partial charge in [0.25, 0.3) is 0 Å². The molecule has 5 heteroatoms. The molecule has 0 unspecified atom stereocenters. The zero-order valence-electron chi connectivity index (χ0n) is 10.3. The maximum atomic E-state index is 11.4. The van der Waals surface area contributed by atoms with Crippen molar-refractivity contribution in [3.8, 4) is 0 Å². The number of hydrogen-bond acceptors (Lipinski definition) is 4. The van der Waals surface area contributed by atoms with Gasteiger partial charge in [-0.15, -0.1) is 0 Å². The Morgan fingerprint density at radius 2 is 2.18 bits per heavy atom. The molecule has 0 radical (unpaired) electrons. The van der Waals surface area contributed by atoms with Crippen LogP contribution < -0.4 is 0 Å². The van der Waals surface area contributed by atoms with Crippen molar-refractivity contribution in [1.29, 1.82) is 0 Å². The molecule has 94 valence electrons. The molecule has 0 atom stereocenters. The van der Waals surface area contributed by atoms with E-state index in [1.54, 1.807) is 33.0 Å². The van der Waals surface area contributed by atoms with Crippen molar-refractivity contribution in [2.75, 3.05) is 6.54 Å². The van der Waals surface area contributed by atoms with E-state index in [0.29, 0.717) is 11.5 Å². The molecule has 1 aromatic heterocycles. The SMILES string of the molecule is CC(C)(C)OC(=O)N([O-])CCc1ccccn1. The molecular weight excluding hydrogens is 220 g/mol. The lowest BCUT2D eigenvalue weighted by atomic mass is 10.2. The standard InChI is InChI=1S/C12H17N2O3/c1-12(2,3)17-11(15)14(16)9-7-10-6-4-5-8-13-10/h4-6,8H,7,9H2,1-3H3/q-1. The van der Waals surface area contributed by atoms with E-state index in [9.17, 15) is 10.0 Å². The summed E-state index contributed by atoms with van der Waals surface area (Å²) in [5.74, 6) is 0. The summed E-state index contributed by atoms with van der Waals surface area (Å²) in [6.45, 7) is 5.21. The molecule has 1 rings (SSSR count). The topological polar surface area (TPSA) is 65.5 Å². The van der Waals surface area contributed by atoms with Gasteiger partial charge in [0.2, 0.25) is 0 Å². The van der Waals surface area contributed by atoms with Gasteiger partial charge in [-0.2, -0.15) is 0 Å². The van der Waals surface area contributed by atoms with E-state index in [1.807, 2.05) is 12.1 Å². The predicted molar refractivity (Wildman–Crippen MR) is 64.2 cm³/mol. The van der Waals surface area contributed by atoms with Gasteiger partial charge in [-0.25, -0.2) is 4.79 Å². The first-order valence-electron chi connectivity index (χ1n) is 5.46. The first kappa shape index (κ1) is 13.4. The van der Waals surface area contributed by atoms with Crippen LogP contribution >= 0.6 is 0 Å². The number of nitrogens with zero attached hydrogens (tertiary/aromatic N) is 2. The Hall–Kier alpha value is -1.62. The number of aromatic nitrogens is 1. The Bertz CT molecular complexity index is 360. The van der Waals surface area contributed by atoms with Crippen LogP contribution in [0.2, 0.25) is 0 Å². The molecule has 5 nitrogen and oxygen atoms in total. The fourth-order valence-electron chi connectivity index (χ4n) is 1.17. The first-order valence-corrected chi connectivity index (χ1v) is 5.46. The van der Waals surface area contributed by atoms with Gasteiger partial charge in [0.1, 0.15) is 5.60 Å². The maximum Gasteiger partial charge on any atom is 0.399 e.